The van der Waals surface area contributed by atoms with Gasteiger partial charge in [0.2, 0.25) is 0 Å². The molecule has 3 N–H and O–H groups in total. The Kier molecular flexibility index (Phi) is 7.34. The van der Waals surface area contributed by atoms with E-state index in [1.165, 1.54) is 0 Å². The minimum absolute atomic E-state index is 0.189. The molecule has 1 saturated heterocycles. The molecule has 2 aromatic rings. The molecule has 0 aromatic carbocycles. The van der Waals surface area contributed by atoms with Crippen LogP contribution >= 0.6 is 12.2 Å². The van der Waals surface area contributed by atoms with E-state index in [0.29, 0.717) is 43.8 Å². The predicted molar refractivity (Wildman–Crippen MR) is 139 cm³/mol. The molecule has 186 valence electrons. The number of piperazine rings is 1. The number of carbonyl (C=O) groups excluding carboxylic acids is 1. The topological polar surface area (TPSA) is 118 Å². The molecule has 0 unspecified atom stereocenters. The van der Waals surface area contributed by atoms with Gasteiger partial charge >= 0.3 is 6.09 Å². The summed E-state index contributed by atoms with van der Waals surface area (Å²) in [6, 6.07) is 7.37. The van der Waals surface area contributed by atoms with Gasteiger partial charge in [0, 0.05) is 26.2 Å². The smallest absolute Gasteiger partial charge is 0.410 e. The summed E-state index contributed by atoms with van der Waals surface area (Å²) < 4.78 is 11.1. The van der Waals surface area contributed by atoms with E-state index in [9.17, 15) is 4.79 Å². The summed E-state index contributed by atoms with van der Waals surface area (Å²) in [5, 5.41) is 3.16. The van der Waals surface area contributed by atoms with Gasteiger partial charge in [-0.15, -0.1) is 0 Å². The first-order valence-corrected chi connectivity index (χ1v) is 12.0. The summed E-state index contributed by atoms with van der Waals surface area (Å²) in [5.74, 6) is 1.49. The molecule has 0 spiro atoms. The highest BCUT2D eigenvalue weighted by Crippen LogP contribution is 2.26. The number of pyridine rings is 2. The zero-order chi connectivity index (χ0) is 25.0. The van der Waals surface area contributed by atoms with Crippen molar-refractivity contribution in [2.24, 2.45) is 10.7 Å². The van der Waals surface area contributed by atoms with Crippen molar-refractivity contribution in [2.75, 3.05) is 36.4 Å². The summed E-state index contributed by atoms with van der Waals surface area (Å²) in [6.07, 6.45) is 5.62. The zero-order valence-electron chi connectivity index (χ0n) is 20.2. The third-order valence-corrected chi connectivity index (χ3v) is 5.52. The Bertz CT molecular complexity index is 1070. The maximum absolute atomic E-state index is 12.2. The Hall–Kier alpha value is -3.47. The Morgan fingerprint density at radius 3 is 2.43 bits per heavy atom. The normalized spacial score (nSPS) is 16.6. The maximum atomic E-state index is 12.2. The van der Waals surface area contributed by atoms with Gasteiger partial charge in [0.1, 0.15) is 22.9 Å². The van der Waals surface area contributed by atoms with Gasteiger partial charge in [-0.05, 0) is 70.1 Å². The number of thiocarbonyl (C=S) groups is 1. The molecule has 1 saturated carbocycles. The summed E-state index contributed by atoms with van der Waals surface area (Å²) in [4.78, 5) is 29.1. The number of anilines is 2. The quantitative estimate of drug-likeness (QED) is 0.365. The summed E-state index contributed by atoms with van der Waals surface area (Å²) >= 11 is 5.31. The fraction of sp³-hybridized carbons (Fsp3) is 0.458. The summed E-state index contributed by atoms with van der Waals surface area (Å²) in [7, 11) is 0. The van der Waals surface area contributed by atoms with E-state index < -0.39 is 5.60 Å². The molecule has 0 bridgehead atoms. The van der Waals surface area contributed by atoms with Crippen LogP contribution in [0.4, 0.5) is 16.3 Å². The van der Waals surface area contributed by atoms with E-state index >= 15 is 0 Å². The fourth-order valence-electron chi connectivity index (χ4n) is 3.40. The molecule has 3 heterocycles. The molecule has 10 nitrogen and oxygen atoms in total. The van der Waals surface area contributed by atoms with Gasteiger partial charge in [0.25, 0.3) is 0 Å². The maximum Gasteiger partial charge on any atom is 0.410 e. The first-order chi connectivity index (χ1) is 16.7. The van der Waals surface area contributed by atoms with Crippen LogP contribution in [0, 0.1) is 0 Å². The second kappa shape index (κ2) is 10.4. The van der Waals surface area contributed by atoms with Gasteiger partial charge in [-0.1, -0.05) is 0 Å². The Morgan fingerprint density at radius 1 is 1.11 bits per heavy atom. The van der Waals surface area contributed by atoms with E-state index in [0.717, 1.165) is 24.3 Å². The third-order valence-electron chi connectivity index (χ3n) is 5.33. The van der Waals surface area contributed by atoms with Crippen LogP contribution in [0.2, 0.25) is 0 Å². The third kappa shape index (κ3) is 7.25. The average Bonchev–Trinajstić information content (AvgIpc) is 3.63. The van der Waals surface area contributed by atoms with Crippen LogP contribution in [0.1, 0.15) is 39.3 Å². The number of hydrogen-bond donors (Lipinski definition) is 2. The number of nitrogens with zero attached hydrogens (tertiary/aromatic N) is 5. The van der Waals surface area contributed by atoms with Crippen LogP contribution in [0.15, 0.2) is 41.7 Å². The van der Waals surface area contributed by atoms with Crippen molar-refractivity contribution in [1.82, 2.24) is 14.9 Å². The molecule has 35 heavy (non-hydrogen) atoms. The standard InChI is InChI=1S/C24H31N7O3S/c1-24(2,3)34-23(32)31-12-10-30(11-13-31)16-4-9-20(27-14-16)28-22(35)29-21(25)19-8-7-18(15-26-19)33-17-5-6-17/h4,7-9,14-15,17H,5-6,10-13H2,1-3H3,(H3,25,27,28,29,35). The Labute approximate surface area is 210 Å². The number of aliphatic imine (C=N–C) groups is 1. The van der Waals surface area contributed by atoms with Gasteiger partial charge in [-0.2, -0.15) is 0 Å². The van der Waals surface area contributed by atoms with Gasteiger partial charge in [0.15, 0.2) is 10.9 Å². The Balaban J connectivity index is 1.27. The number of nitrogens with one attached hydrogen (secondary N) is 1. The van der Waals surface area contributed by atoms with E-state index in [2.05, 4.69) is 25.2 Å². The summed E-state index contributed by atoms with van der Waals surface area (Å²) in [6.45, 7) is 8.19. The first-order valence-electron chi connectivity index (χ1n) is 11.6. The number of nitrogens with two attached hydrogens (primary N) is 1. The monoisotopic (exact) mass is 497 g/mol. The zero-order valence-corrected chi connectivity index (χ0v) is 21.0. The average molecular weight is 498 g/mol. The van der Waals surface area contributed by atoms with E-state index in [1.54, 1.807) is 23.4 Å². The predicted octanol–water partition coefficient (Wildman–Crippen LogP) is 3.18. The van der Waals surface area contributed by atoms with Crippen molar-refractivity contribution in [3.63, 3.8) is 0 Å². The molecule has 2 aromatic heterocycles. The van der Waals surface area contributed by atoms with Crippen LogP contribution in [-0.2, 0) is 4.74 Å². The molecule has 0 atom stereocenters. The number of carbonyl (C=O) groups is 1. The van der Waals surface area contributed by atoms with Gasteiger partial charge in [0.05, 0.1) is 24.2 Å². The number of rotatable bonds is 5. The highest BCUT2D eigenvalue weighted by atomic mass is 32.1. The minimum atomic E-state index is -0.498. The first kappa shape index (κ1) is 24.6. The molecule has 2 aliphatic rings. The number of ether oxygens (including phenoxy) is 2. The molecule has 1 amide bonds. The lowest BCUT2D eigenvalue weighted by atomic mass is 10.2. The molecule has 2 fully saturated rings. The van der Waals surface area contributed by atoms with Crippen LogP contribution in [0.25, 0.3) is 0 Å². The highest BCUT2D eigenvalue weighted by molar-refractivity contribution is 7.80. The molecule has 1 aliphatic carbocycles. The second-order valence-electron chi connectivity index (χ2n) is 9.48. The second-order valence-corrected chi connectivity index (χ2v) is 9.87. The molecule has 11 heteroatoms. The van der Waals surface area contributed by atoms with Crippen molar-refractivity contribution < 1.29 is 14.3 Å². The SMILES string of the molecule is CC(C)(C)OC(=O)N1CCN(c2ccc(NC(=S)N=C(N)c3ccc(OC4CC4)cn3)nc2)CC1. The molecular weight excluding hydrogens is 466 g/mol. The molecular formula is C24H31N7O3S. The largest absolute Gasteiger partial charge is 0.489 e. The molecule has 1 aliphatic heterocycles. The number of aromatic nitrogens is 2. The van der Waals surface area contributed by atoms with Crippen molar-refractivity contribution in [1.29, 1.82) is 0 Å². The van der Waals surface area contributed by atoms with E-state index in [-0.39, 0.29) is 17.0 Å². The lowest BCUT2D eigenvalue weighted by molar-refractivity contribution is 0.0240. The van der Waals surface area contributed by atoms with Gasteiger partial charge in [-0.3, -0.25) is 0 Å². The van der Waals surface area contributed by atoms with Crippen LogP contribution in [0.5, 0.6) is 5.75 Å². The molecule has 4 rings (SSSR count). The van der Waals surface area contributed by atoms with Crippen molar-refractivity contribution >= 4 is 40.8 Å². The van der Waals surface area contributed by atoms with Crippen LogP contribution < -0.4 is 20.7 Å². The van der Waals surface area contributed by atoms with Crippen LogP contribution in [0.3, 0.4) is 0 Å². The fourth-order valence-corrected chi connectivity index (χ4v) is 3.61. The van der Waals surface area contributed by atoms with Crippen molar-refractivity contribution in [3.05, 3.63) is 42.4 Å². The van der Waals surface area contributed by atoms with E-state index in [4.69, 9.17) is 27.4 Å². The summed E-state index contributed by atoms with van der Waals surface area (Å²) in [5.41, 5.74) is 7.04. The van der Waals surface area contributed by atoms with Gasteiger partial charge in [-0.25, -0.2) is 19.8 Å². The Morgan fingerprint density at radius 2 is 1.86 bits per heavy atom. The number of amides is 1. The molecule has 0 radical (unpaired) electrons. The van der Waals surface area contributed by atoms with Crippen LogP contribution in [-0.4, -0.2) is 69.8 Å². The highest BCUT2D eigenvalue weighted by Gasteiger charge is 2.26. The van der Waals surface area contributed by atoms with E-state index in [1.807, 2.05) is 39.0 Å². The van der Waals surface area contributed by atoms with Crippen molar-refractivity contribution in [2.45, 2.75) is 45.3 Å². The lowest BCUT2D eigenvalue weighted by Gasteiger charge is -2.36. The van der Waals surface area contributed by atoms with Gasteiger partial charge < -0.3 is 30.3 Å². The minimum Gasteiger partial charge on any atom is -0.489 e. The lowest BCUT2D eigenvalue weighted by Crippen LogP contribution is -2.50. The number of amidine groups is 1. The van der Waals surface area contributed by atoms with Crippen molar-refractivity contribution in [3.8, 4) is 5.75 Å². The number of hydrogen-bond acceptors (Lipinski definition) is 7.